The van der Waals surface area contributed by atoms with E-state index in [4.69, 9.17) is 19.4 Å². The summed E-state index contributed by atoms with van der Waals surface area (Å²) in [6.45, 7) is 10.8. The second-order valence-corrected chi connectivity index (χ2v) is 12.6. The Hall–Kier alpha value is -3.52. The van der Waals surface area contributed by atoms with Crippen LogP contribution in [-0.4, -0.2) is 86.5 Å². The molecular formula is C33H40FN7O2. The van der Waals surface area contributed by atoms with Gasteiger partial charge in [-0.3, -0.25) is 4.90 Å². The van der Waals surface area contributed by atoms with Crippen molar-refractivity contribution in [2.24, 2.45) is 5.41 Å². The molecule has 0 radical (unpaired) electrons. The quantitative estimate of drug-likeness (QED) is 0.424. The van der Waals surface area contributed by atoms with E-state index in [-0.39, 0.29) is 17.3 Å². The average Bonchev–Trinajstić information content (AvgIpc) is 3.81. The lowest BCUT2D eigenvalue weighted by molar-refractivity contribution is 0.0231. The monoisotopic (exact) mass is 585 g/mol. The van der Waals surface area contributed by atoms with Crippen LogP contribution in [0.2, 0.25) is 0 Å². The zero-order chi connectivity index (χ0) is 29.4. The molecular weight excluding hydrogens is 545 g/mol. The number of fused-ring (bicyclic) bond motifs is 2. The third kappa shape index (κ3) is 5.86. The van der Waals surface area contributed by atoms with Gasteiger partial charge >= 0.3 is 6.01 Å². The van der Waals surface area contributed by atoms with Crippen LogP contribution in [0, 0.1) is 29.5 Å². The topological polar surface area (TPSA) is 89.8 Å². The molecule has 0 spiro atoms. The SMILES string of the molecule is Cc1c(F)ccc2cccc(N3CCc4c(nc(OCC5(CN6CCOCC6)CC5)nc4N4CCNC(CC#N)C4)C3)c12. The van der Waals surface area contributed by atoms with E-state index in [1.807, 2.05) is 25.1 Å². The Balaban J connectivity index is 1.18. The lowest BCUT2D eigenvalue weighted by Crippen LogP contribution is -2.51. The third-order valence-corrected chi connectivity index (χ3v) is 9.60. The highest BCUT2D eigenvalue weighted by Crippen LogP contribution is 2.46. The summed E-state index contributed by atoms with van der Waals surface area (Å²) in [6, 6.07) is 12.4. The van der Waals surface area contributed by atoms with E-state index in [1.54, 1.807) is 6.07 Å². The molecule has 1 unspecified atom stereocenters. The first-order valence-electron chi connectivity index (χ1n) is 15.6. The number of aryl methyl sites for hydroxylation is 1. The van der Waals surface area contributed by atoms with Gasteiger partial charge in [0.1, 0.15) is 11.6 Å². The molecule has 1 aromatic heterocycles. The molecule has 4 heterocycles. The predicted molar refractivity (Wildman–Crippen MR) is 164 cm³/mol. The van der Waals surface area contributed by atoms with Crippen molar-refractivity contribution in [1.82, 2.24) is 20.2 Å². The Morgan fingerprint density at radius 2 is 1.98 bits per heavy atom. The first kappa shape index (κ1) is 28.3. The Morgan fingerprint density at radius 3 is 2.79 bits per heavy atom. The normalized spacial score (nSPS) is 21.8. The number of nitrogens with one attached hydrogen (secondary N) is 1. The van der Waals surface area contributed by atoms with Gasteiger partial charge in [-0.05, 0) is 49.3 Å². The number of piperazine rings is 1. The maximum atomic E-state index is 14.7. The van der Waals surface area contributed by atoms with E-state index < -0.39 is 0 Å². The summed E-state index contributed by atoms with van der Waals surface area (Å²) >= 11 is 0. The highest BCUT2D eigenvalue weighted by Gasteiger charge is 2.45. The van der Waals surface area contributed by atoms with Crippen LogP contribution in [0.4, 0.5) is 15.9 Å². The molecule has 7 rings (SSSR count). The van der Waals surface area contributed by atoms with Gasteiger partial charge in [-0.1, -0.05) is 18.2 Å². The minimum atomic E-state index is -0.186. The molecule has 0 bridgehead atoms. The molecule has 226 valence electrons. The summed E-state index contributed by atoms with van der Waals surface area (Å²) in [4.78, 5) is 17.2. The molecule has 9 nitrogen and oxygen atoms in total. The third-order valence-electron chi connectivity index (χ3n) is 9.60. The van der Waals surface area contributed by atoms with Gasteiger partial charge in [0.2, 0.25) is 0 Å². The van der Waals surface area contributed by atoms with Crippen LogP contribution in [0.1, 0.15) is 36.1 Å². The van der Waals surface area contributed by atoms with Crippen molar-refractivity contribution >= 4 is 22.3 Å². The van der Waals surface area contributed by atoms with Gasteiger partial charge in [-0.25, -0.2) is 4.39 Å². The fourth-order valence-electron chi connectivity index (χ4n) is 6.94. The van der Waals surface area contributed by atoms with Crippen LogP contribution >= 0.6 is 0 Å². The standard InChI is InChI=1S/C33H40FN7O2/c1-23-27(34)6-5-24-3-2-4-29(30(23)24)40-13-8-26-28(20-40)37-32(38-31(26)41-14-12-36-25(19-41)7-11-35)43-22-33(9-10-33)21-39-15-17-42-18-16-39/h2-6,25,36H,7-10,12-22H2,1H3. The van der Waals surface area contributed by atoms with Crippen LogP contribution in [0.15, 0.2) is 30.3 Å². The Labute approximate surface area is 252 Å². The number of hydrogen-bond acceptors (Lipinski definition) is 9. The molecule has 3 aromatic rings. The Morgan fingerprint density at radius 1 is 1.12 bits per heavy atom. The number of hydrogen-bond donors (Lipinski definition) is 1. The van der Waals surface area contributed by atoms with Gasteiger partial charge < -0.3 is 24.6 Å². The van der Waals surface area contributed by atoms with Crippen molar-refractivity contribution in [2.75, 3.05) is 75.4 Å². The Kier molecular flexibility index (Phi) is 7.80. The molecule has 3 aliphatic heterocycles. The maximum Gasteiger partial charge on any atom is 0.318 e. The molecule has 1 atom stereocenters. The zero-order valence-electron chi connectivity index (χ0n) is 24.9. The van der Waals surface area contributed by atoms with Gasteiger partial charge in [-0.15, -0.1) is 0 Å². The van der Waals surface area contributed by atoms with Gasteiger partial charge in [0.05, 0.1) is 44.5 Å². The van der Waals surface area contributed by atoms with Crippen molar-refractivity contribution in [2.45, 2.75) is 45.2 Å². The molecule has 10 heteroatoms. The first-order chi connectivity index (χ1) is 21.0. The van der Waals surface area contributed by atoms with Crippen molar-refractivity contribution < 1.29 is 13.9 Å². The largest absolute Gasteiger partial charge is 0.463 e. The Bertz CT molecular complexity index is 1530. The van der Waals surface area contributed by atoms with Crippen molar-refractivity contribution in [1.29, 1.82) is 5.26 Å². The molecule has 2 aromatic carbocycles. The number of benzene rings is 2. The van der Waals surface area contributed by atoms with E-state index >= 15 is 0 Å². The van der Waals surface area contributed by atoms with Crippen LogP contribution in [0.5, 0.6) is 6.01 Å². The minimum Gasteiger partial charge on any atom is -0.463 e. The van der Waals surface area contributed by atoms with Crippen molar-refractivity contribution in [3.05, 3.63) is 53.0 Å². The molecule has 4 aliphatic rings. The number of nitriles is 1. The molecule has 0 amide bonds. The van der Waals surface area contributed by atoms with Crippen molar-refractivity contribution in [3.8, 4) is 12.1 Å². The summed E-state index contributed by atoms with van der Waals surface area (Å²) in [7, 11) is 0. The lowest BCUT2D eigenvalue weighted by atomic mass is 9.99. The number of nitrogens with zero attached hydrogens (tertiary/aromatic N) is 6. The molecule has 3 fully saturated rings. The predicted octanol–water partition coefficient (Wildman–Crippen LogP) is 3.82. The number of rotatable bonds is 8. The smallest absolute Gasteiger partial charge is 0.318 e. The summed E-state index contributed by atoms with van der Waals surface area (Å²) < 4.78 is 26.7. The zero-order valence-corrected chi connectivity index (χ0v) is 24.9. The highest BCUT2D eigenvalue weighted by molar-refractivity contribution is 5.97. The van der Waals surface area contributed by atoms with E-state index in [1.165, 1.54) is 0 Å². The summed E-state index contributed by atoms with van der Waals surface area (Å²) in [5.74, 6) is 0.747. The summed E-state index contributed by atoms with van der Waals surface area (Å²) in [5.41, 5.74) is 3.97. The van der Waals surface area contributed by atoms with Gasteiger partial charge in [-0.2, -0.15) is 15.2 Å². The fraction of sp³-hybridized carbons (Fsp3) is 0.545. The lowest BCUT2D eigenvalue weighted by Gasteiger charge is -2.37. The fourth-order valence-corrected chi connectivity index (χ4v) is 6.94. The average molecular weight is 586 g/mol. The summed E-state index contributed by atoms with van der Waals surface area (Å²) in [6.07, 6.45) is 3.55. The van der Waals surface area contributed by atoms with E-state index in [2.05, 4.69) is 32.2 Å². The van der Waals surface area contributed by atoms with E-state index in [0.717, 1.165) is 112 Å². The van der Waals surface area contributed by atoms with E-state index in [9.17, 15) is 9.65 Å². The van der Waals surface area contributed by atoms with Crippen molar-refractivity contribution in [3.63, 3.8) is 0 Å². The number of anilines is 2. The molecule has 1 N–H and O–H groups in total. The van der Waals surface area contributed by atoms with Crippen LogP contribution in [0.25, 0.3) is 10.8 Å². The number of aromatic nitrogens is 2. The highest BCUT2D eigenvalue weighted by atomic mass is 19.1. The molecule has 43 heavy (non-hydrogen) atoms. The number of morpholine rings is 1. The molecule has 1 aliphatic carbocycles. The second kappa shape index (κ2) is 11.9. The number of ether oxygens (including phenoxy) is 2. The van der Waals surface area contributed by atoms with Gasteiger partial charge in [0.25, 0.3) is 0 Å². The maximum absolute atomic E-state index is 14.7. The van der Waals surface area contributed by atoms with Crippen LogP contribution in [-0.2, 0) is 17.7 Å². The molecule has 2 saturated heterocycles. The second-order valence-electron chi connectivity index (χ2n) is 12.6. The minimum absolute atomic E-state index is 0.102. The van der Waals surface area contributed by atoms with Crippen LogP contribution < -0.4 is 19.9 Å². The first-order valence-corrected chi connectivity index (χ1v) is 15.6. The summed E-state index contributed by atoms with van der Waals surface area (Å²) in [5, 5.41) is 14.8. The van der Waals surface area contributed by atoms with Gasteiger partial charge in [0.15, 0.2) is 0 Å². The van der Waals surface area contributed by atoms with Crippen LogP contribution in [0.3, 0.4) is 0 Å². The molecule has 1 saturated carbocycles. The van der Waals surface area contributed by atoms with E-state index in [0.29, 0.717) is 31.1 Å². The van der Waals surface area contributed by atoms with Gasteiger partial charge in [0, 0.05) is 73.9 Å². The number of halogens is 1.